The lowest BCUT2D eigenvalue weighted by atomic mass is 10.2. The summed E-state index contributed by atoms with van der Waals surface area (Å²) in [6.07, 6.45) is 5.57. The van der Waals surface area contributed by atoms with E-state index < -0.39 is 0 Å². The summed E-state index contributed by atoms with van der Waals surface area (Å²) < 4.78 is 0. The van der Waals surface area contributed by atoms with Gasteiger partial charge in [-0.3, -0.25) is 0 Å². The largest absolute Gasteiger partial charge is 0.315 e. The molecule has 2 nitrogen and oxygen atoms in total. The first kappa shape index (κ1) is 6.78. The third kappa shape index (κ3) is 1.32. The van der Waals surface area contributed by atoms with Crippen molar-refractivity contribution in [3.63, 3.8) is 0 Å². The Hall–Kier alpha value is -0.340. The van der Waals surface area contributed by atoms with Crippen LogP contribution in [-0.2, 0) is 0 Å². The van der Waals surface area contributed by atoms with Gasteiger partial charge >= 0.3 is 0 Å². The van der Waals surface area contributed by atoms with E-state index in [-0.39, 0.29) is 0 Å². The molecule has 52 valence electrons. The fourth-order valence-electron chi connectivity index (χ4n) is 1.25. The van der Waals surface area contributed by atoms with E-state index in [1.54, 1.807) is 0 Å². The van der Waals surface area contributed by atoms with Gasteiger partial charge in [0.15, 0.2) is 0 Å². The zero-order chi connectivity index (χ0) is 6.69. The second kappa shape index (κ2) is 2.99. The lowest BCUT2D eigenvalue weighted by Gasteiger charge is -2.16. The van der Waals surface area contributed by atoms with Crippen LogP contribution in [0.4, 0.5) is 0 Å². The number of nitrogens with one attached hydrogen (secondary N) is 2. The van der Waals surface area contributed by atoms with Crippen molar-refractivity contribution >= 4 is 0 Å². The third-order valence-corrected chi connectivity index (χ3v) is 1.87. The molecule has 0 spiro atoms. The summed E-state index contributed by atoms with van der Waals surface area (Å²) in [6, 6.07) is 1.14. The van der Waals surface area contributed by atoms with Gasteiger partial charge in [-0.1, -0.05) is 12.2 Å². The number of likely N-dealkylation sites (N-methyl/N-ethyl adjacent to an activating group) is 2. The first-order valence-electron chi connectivity index (χ1n) is 3.39. The van der Waals surface area contributed by atoms with E-state index in [1.165, 1.54) is 0 Å². The van der Waals surface area contributed by atoms with Crippen molar-refractivity contribution in [1.29, 1.82) is 0 Å². The summed E-state index contributed by atoms with van der Waals surface area (Å²) in [6.45, 7) is 0. The molecule has 1 rings (SSSR count). The summed E-state index contributed by atoms with van der Waals surface area (Å²) in [5.74, 6) is 0. The van der Waals surface area contributed by atoms with Gasteiger partial charge in [0.25, 0.3) is 0 Å². The minimum Gasteiger partial charge on any atom is -0.315 e. The predicted molar refractivity (Wildman–Crippen MR) is 39.5 cm³/mol. The SMILES string of the molecule is CN[C@H]1C=CC[C@H]1NC. The highest BCUT2D eigenvalue weighted by Crippen LogP contribution is 2.08. The molecule has 0 aliphatic heterocycles. The molecular weight excluding hydrogens is 112 g/mol. The fourth-order valence-corrected chi connectivity index (χ4v) is 1.25. The minimum atomic E-state index is 0.537. The van der Waals surface area contributed by atoms with E-state index in [0.29, 0.717) is 12.1 Å². The molecule has 1 aliphatic rings. The summed E-state index contributed by atoms with van der Waals surface area (Å²) in [4.78, 5) is 0. The third-order valence-electron chi connectivity index (χ3n) is 1.87. The predicted octanol–water partition coefficient (Wildman–Crippen LogP) is 0.122. The van der Waals surface area contributed by atoms with Gasteiger partial charge < -0.3 is 10.6 Å². The zero-order valence-electron chi connectivity index (χ0n) is 6.02. The standard InChI is InChI=1S/C7H14N2/c1-8-6-4-3-5-7(6)9-2/h3-4,6-9H,5H2,1-2H3/t6-,7+/m0/s1. The van der Waals surface area contributed by atoms with Crippen LogP contribution < -0.4 is 10.6 Å². The average molecular weight is 126 g/mol. The van der Waals surface area contributed by atoms with Gasteiger partial charge in [0.05, 0.1) is 0 Å². The molecule has 0 heterocycles. The number of rotatable bonds is 2. The zero-order valence-corrected chi connectivity index (χ0v) is 6.02. The Morgan fingerprint density at radius 2 is 2.11 bits per heavy atom. The number of hydrogen-bond acceptors (Lipinski definition) is 2. The van der Waals surface area contributed by atoms with Crippen LogP contribution in [0.1, 0.15) is 6.42 Å². The van der Waals surface area contributed by atoms with Gasteiger partial charge in [0, 0.05) is 12.1 Å². The van der Waals surface area contributed by atoms with Crippen LogP contribution in [0.15, 0.2) is 12.2 Å². The van der Waals surface area contributed by atoms with Crippen LogP contribution in [0, 0.1) is 0 Å². The molecule has 0 unspecified atom stereocenters. The molecule has 2 heteroatoms. The Bertz CT molecular complexity index is 109. The smallest absolute Gasteiger partial charge is 0.0405 e. The molecule has 1 aliphatic carbocycles. The van der Waals surface area contributed by atoms with Gasteiger partial charge in [-0.05, 0) is 20.5 Å². The Morgan fingerprint density at radius 3 is 2.56 bits per heavy atom. The Labute approximate surface area is 56.3 Å². The summed E-state index contributed by atoms with van der Waals surface area (Å²) in [5.41, 5.74) is 0. The van der Waals surface area contributed by atoms with E-state index in [2.05, 4.69) is 22.8 Å². The normalized spacial score (nSPS) is 33.6. The summed E-state index contributed by atoms with van der Waals surface area (Å²) in [7, 11) is 3.99. The highest BCUT2D eigenvalue weighted by atomic mass is 15.0. The van der Waals surface area contributed by atoms with Gasteiger partial charge in [0.2, 0.25) is 0 Å². The van der Waals surface area contributed by atoms with Gasteiger partial charge in [0.1, 0.15) is 0 Å². The monoisotopic (exact) mass is 126 g/mol. The topological polar surface area (TPSA) is 24.1 Å². The molecule has 0 aromatic carbocycles. The molecule has 0 fully saturated rings. The summed E-state index contributed by atoms with van der Waals surface area (Å²) >= 11 is 0. The van der Waals surface area contributed by atoms with E-state index >= 15 is 0 Å². The van der Waals surface area contributed by atoms with Crippen LogP contribution in [0.25, 0.3) is 0 Å². The first-order chi connectivity index (χ1) is 4.38. The Kier molecular flexibility index (Phi) is 2.25. The molecule has 0 aromatic heterocycles. The van der Waals surface area contributed by atoms with E-state index in [0.717, 1.165) is 6.42 Å². The van der Waals surface area contributed by atoms with Crippen LogP contribution in [0.3, 0.4) is 0 Å². The van der Waals surface area contributed by atoms with Crippen LogP contribution in [0.5, 0.6) is 0 Å². The lowest BCUT2D eigenvalue weighted by molar-refractivity contribution is 0.490. The van der Waals surface area contributed by atoms with Crippen LogP contribution >= 0.6 is 0 Å². The Balaban J connectivity index is 2.39. The molecule has 2 atom stereocenters. The van der Waals surface area contributed by atoms with Crippen molar-refractivity contribution in [2.45, 2.75) is 18.5 Å². The quantitative estimate of drug-likeness (QED) is 0.514. The lowest BCUT2D eigenvalue weighted by Crippen LogP contribution is -2.40. The molecule has 0 saturated heterocycles. The van der Waals surface area contributed by atoms with E-state index in [9.17, 15) is 0 Å². The average Bonchev–Trinajstić information content (AvgIpc) is 2.33. The summed E-state index contributed by atoms with van der Waals surface area (Å²) in [5, 5.41) is 6.46. The van der Waals surface area contributed by atoms with Crippen LogP contribution in [0.2, 0.25) is 0 Å². The fraction of sp³-hybridized carbons (Fsp3) is 0.714. The van der Waals surface area contributed by atoms with Crippen molar-refractivity contribution in [2.75, 3.05) is 14.1 Å². The Morgan fingerprint density at radius 1 is 1.33 bits per heavy atom. The van der Waals surface area contributed by atoms with Crippen molar-refractivity contribution in [2.24, 2.45) is 0 Å². The highest BCUT2D eigenvalue weighted by molar-refractivity contribution is 5.08. The van der Waals surface area contributed by atoms with Crippen LogP contribution in [-0.4, -0.2) is 26.2 Å². The minimum absolute atomic E-state index is 0.537. The van der Waals surface area contributed by atoms with Gasteiger partial charge in [-0.15, -0.1) is 0 Å². The molecule has 0 radical (unpaired) electrons. The maximum atomic E-state index is 3.24. The molecule has 0 saturated carbocycles. The highest BCUT2D eigenvalue weighted by Gasteiger charge is 2.17. The first-order valence-corrected chi connectivity index (χ1v) is 3.39. The second-order valence-corrected chi connectivity index (χ2v) is 2.37. The van der Waals surface area contributed by atoms with Gasteiger partial charge in [-0.25, -0.2) is 0 Å². The molecule has 9 heavy (non-hydrogen) atoms. The van der Waals surface area contributed by atoms with Crippen molar-refractivity contribution in [3.8, 4) is 0 Å². The van der Waals surface area contributed by atoms with Crippen molar-refractivity contribution in [1.82, 2.24) is 10.6 Å². The van der Waals surface area contributed by atoms with E-state index in [4.69, 9.17) is 0 Å². The van der Waals surface area contributed by atoms with Crippen molar-refractivity contribution < 1.29 is 0 Å². The van der Waals surface area contributed by atoms with Crippen molar-refractivity contribution in [3.05, 3.63) is 12.2 Å². The molecular formula is C7H14N2. The second-order valence-electron chi connectivity index (χ2n) is 2.37. The molecule has 2 N–H and O–H groups in total. The molecule has 0 bridgehead atoms. The number of hydrogen-bond donors (Lipinski definition) is 2. The molecule has 0 aromatic rings. The van der Waals surface area contributed by atoms with Gasteiger partial charge in [-0.2, -0.15) is 0 Å². The molecule has 0 amide bonds. The van der Waals surface area contributed by atoms with E-state index in [1.807, 2.05) is 14.1 Å². The maximum absolute atomic E-state index is 3.24. The maximum Gasteiger partial charge on any atom is 0.0405 e.